The molecule has 0 bridgehead atoms. The summed E-state index contributed by atoms with van der Waals surface area (Å²) >= 11 is 2.31. The number of aromatic carboxylic acids is 1. The summed E-state index contributed by atoms with van der Waals surface area (Å²) < 4.78 is 13.1. The van der Waals surface area contributed by atoms with Crippen molar-refractivity contribution < 1.29 is 19.2 Å². The minimum Gasteiger partial charge on any atom is -0.477 e. The molecule has 0 unspecified atom stereocenters. The van der Waals surface area contributed by atoms with Gasteiger partial charge in [0.1, 0.15) is 10.7 Å². The van der Waals surface area contributed by atoms with Crippen molar-refractivity contribution in [1.82, 2.24) is 0 Å². The van der Waals surface area contributed by atoms with Gasteiger partial charge < -0.3 is 5.11 Å². The lowest BCUT2D eigenvalue weighted by molar-refractivity contribution is -0.385. The van der Waals surface area contributed by atoms with E-state index in [-0.39, 0.29) is 21.9 Å². The van der Waals surface area contributed by atoms with E-state index in [1.165, 1.54) is 17.8 Å². The third-order valence-electron chi connectivity index (χ3n) is 2.42. The van der Waals surface area contributed by atoms with E-state index in [0.29, 0.717) is 4.90 Å². The molecule has 5 nitrogen and oxygen atoms in total. The largest absolute Gasteiger partial charge is 0.477 e. The molecule has 1 aromatic carbocycles. The molecule has 0 saturated carbocycles. The number of thioether (sulfide) groups is 1. The molecule has 0 atom stereocenters. The quantitative estimate of drug-likeness (QED) is 0.516. The number of hydrogen-bond acceptors (Lipinski definition) is 5. The Morgan fingerprint density at radius 3 is 2.80 bits per heavy atom. The summed E-state index contributed by atoms with van der Waals surface area (Å²) in [4.78, 5) is 21.9. The van der Waals surface area contributed by atoms with Gasteiger partial charge in [0, 0.05) is 27.7 Å². The van der Waals surface area contributed by atoms with Crippen molar-refractivity contribution in [3.63, 3.8) is 0 Å². The summed E-state index contributed by atoms with van der Waals surface area (Å²) in [5.41, 5.74) is 0.121. The summed E-state index contributed by atoms with van der Waals surface area (Å²) in [6.45, 7) is 0. The van der Waals surface area contributed by atoms with Crippen LogP contribution in [-0.2, 0) is 5.75 Å². The van der Waals surface area contributed by atoms with Crippen LogP contribution in [-0.4, -0.2) is 16.0 Å². The topological polar surface area (TPSA) is 80.4 Å². The van der Waals surface area contributed by atoms with Gasteiger partial charge in [-0.15, -0.1) is 23.1 Å². The fourth-order valence-electron chi connectivity index (χ4n) is 1.52. The molecule has 0 amide bonds. The molecule has 0 saturated heterocycles. The van der Waals surface area contributed by atoms with Gasteiger partial charge >= 0.3 is 5.97 Å². The molecule has 2 rings (SSSR count). The van der Waals surface area contributed by atoms with E-state index in [2.05, 4.69) is 0 Å². The molecule has 0 fully saturated rings. The van der Waals surface area contributed by atoms with E-state index in [4.69, 9.17) is 5.11 Å². The van der Waals surface area contributed by atoms with E-state index in [9.17, 15) is 19.3 Å². The van der Waals surface area contributed by atoms with Crippen molar-refractivity contribution in [2.75, 3.05) is 0 Å². The van der Waals surface area contributed by atoms with Gasteiger partial charge in [-0.1, -0.05) is 0 Å². The Morgan fingerprint density at radius 2 is 2.20 bits per heavy atom. The number of thiophene rings is 1. The number of rotatable bonds is 5. The molecule has 1 N–H and O–H groups in total. The van der Waals surface area contributed by atoms with Crippen molar-refractivity contribution in [2.45, 2.75) is 10.6 Å². The SMILES string of the molecule is O=C(O)c1cc(SCc2cc(F)ccc2[N+](=O)[O-])cs1. The second kappa shape index (κ2) is 6.02. The standard InChI is InChI=1S/C12H8FNO4S2/c13-8-1-2-10(14(17)18)7(3-8)5-19-9-4-11(12(15)16)20-6-9/h1-4,6H,5H2,(H,15,16). The van der Waals surface area contributed by atoms with Crippen molar-refractivity contribution in [3.8, 4) is 0 Å². The Bertz CT molecular complexity index is 671. The van der Waals surface area contributed by atoms with Crippen LogP contribution in [0.2, 0.25) is 0 Å². The summed E-state index contributed by atoms with van der Waals surface area (Å²) in [7, 11) is 0. The zero-order valence-corrected chi connectivity index (χ0v) is 11.5. The molecule has 1 aromatic heterocycles. The van der Waals surface area contributed by atoms with Gasteiger partial charge in [0.15, 0.2) is 0 Å². The lowest BCUT2D eigenvalue weighted by Crippen LogP contribution is -1.95. The van der Waals surface area contributed by atoms with E-state index in [1.807, 2.05) is 0 Å². The number of benzene rings is 1. The molecule has 0 aliphatic heterocycles. The molecular weight excluding hydrogens is 305 g/mol. The Balaban J connectivity index is 2.15. The number of nitro benzene ring substituents is 1. The van der Waals surface area contributed by atoms with Gasteiger partial charge in [-0.2, -0.15) is 0 Å². The van der Waals surface area contributed by atoms with Crippen LogP contribution in [0.15, 0.2) is 34.5 Å². The van der Waals surface area contributed by atoms with Crippen LogP contribution in [0.5, 0.6) is 0 Å². The Kier molecular flexibility index (Phi) is 4.35. The molecule has 104 valence electrons. The van der Waals surface area contributed by atoms with Crippen LogP contribution in [0.4, 0.5) is 10.1 Å². The lowest BCUT2D eigenvalue weighted by Gasteiger charge is -2.02. The van der Waals surface area contributed by atoms with Crippen LogP contribution in [0.3, 0.4) is 0 Å². The third kappa shape index (κ3) is 3.34. The summed E-state index contributed by atoms with van der Waals surface area (Å²) in [5, 5.41) is 21.3. The first-order valence-electron chi connectivity index (χ1n) is 5.35. The average Bonchev–Trinajstić information content (AvgIpc) is 2.85. The second-order valence-electron chi connectivity index (χ2n) is 3.77. The average molecular weight is 313 g/mol. The number of hydrogen-bond donors (Lipinski definition) is 1. The molecule has 0 aliphatic carbocycles. The van der Waals surface area contributed by atoms with Gasteiger partial charge in [0.25, 0.3) is 5.69 Å². The first-order valence-corrected chi connectivity index (χ1v) is 7.21. The van der Waals surface area contributed by atoms with Crippen molar-refractivity contribution in [2.24, 2.45) is 0 Å². The van der Waals surface area contributed by atoms with E-state index in [0.717, 1.165) is 29.5 Å². The molecular formula is C12H8FNO4S2. The highest BCUT2D eigenvalue weighted by atomic mass is 32.2. The monoisotopic (exact) mass is 313 g/mol. The van der Waals surface area contributed by atoms with Crippen molar-refractivity contribution in [1.29, 1.82) is 0 Å². The Morgan fingerprint density at radius 1 is 1.45 bits per heavy atom. The van der Waals surface area contributed by atoms with E-state index in [1.54, 1.807) is 5.38 Å². The molecule has 0 radical (unpaired) electrons. The summed E-state index contributed by atoms with van der Waals surface area (Å²) in [6, 6.07) is 4.78. The summed E-state index contributed by atoms with van der Waals surface area (Å²) in [5.74, 6) is -1.36. The number of carboxylic acid groups (broad SMARTS) is 1. The fourth-order valence-corrected chi connectivity index (χ4v) is 3.37. The normalized spacial score (nSPS) is 10.4. The number of nitro groups is 1. The van der Waals surface area contributed by atoms with Crippen LogP contribution < -0.4 is 0 Å². The zero-order chi connectivity index (χ0) is 14.7. The molecule has 0 spiro atoms. The molecule has 0 aliphatic rings. The Labute approximate surface area is 121 Å². The maximum atomic E-state index is 13.1. The van der Waals surface area contributed by atoms with Gasteiger partial charge in [0.2, 0.25) is 0 Å². The highest BCUT2D eigenvalue weighted by Gasteiger charge is 2.15. The molecule has 8 heteroatoms. The minimum absolute atomic E-state index is 0.146. The first-order chi connectivity index (χ1) is 9.47. The zero-order valence-electron chi connectivity index (χ0n) is 9.91. The Hall–Kier alpha value is -1.93. The second-order valence-corrected chi connectivity index (χ2v) is 5.73. The fraction of sp³-hybridized carbons (Fsp3) is 0.0833. The lowest BCUT2D eigenvalue weighted by atomic mass is 10.2. The molecule has 2 aromatic rings. The van der Waals surface area contributed by atoms with Crippen LogP contribution >= 0.6 is 23.1 Å². The van der Waals surface area contributed by atoms with Crippen LogP contribution in [0.1, 0.15) is 15.2 Å². The van der Waals surface area contributed by atoms with Crippen LogP contribution in [0.25, 0.3) is 0 Å². The highest BCUT2D eigenvalue weighted by molar-refractivity contribution is 7.98. The maximum absolute atomic E-state index is 13.1. The minimum atomic E-state index is -1.02. The van der Waals surface area contributed by atoms with Crippen LogP contribution in [0, 0.1) is 15.9 Å². The predicted molar refractivity (Wildman–Crippen MR) is 73.9 cm³/mol. The van der Waals surface area contributed by atoms with E-state index < -0.39 is 16.7 Å². The smallest absolute Gasteiger partial charge is 0.345 e. The number of halogens is 1. The van der Waals surface area contributed by atoms with Crippen molar-refractivity contribution in [3.05, 3.63) is 56.0 Å². The number of nitrogens with zero attached hydrogens (tertiary/aromatic N) is 1. The summed E-state index contributed by atoms with van der Waals surface area (Å²) in [6.07, 6.45) is 0. The van der Waals surface area contributed by atoms with Gasteiger partial charge in [-0.25, -0.2) is 9.18 Å². The molecule has 20 heavy (non-hydrogen) atoms. The third-order valence-corrected chi connectivity index (χ3v) is 4.51. The maximum Gasteiger partial charge on any atom is 0.345 e. The molecule has 1 heterocycles. The number of carboxylic acids is 1. The van der Waals surface area contributed by atoms with Crippen molar-refractivity contribution >= 4 is 34.8 Å². The van der Waals surface area contributed by atoms with Gasteiger partial charge in [0.05, 0.1) is 4.92 Å². The van der Waals surface area contributed by atoms with E-state index >= 15 is 0 Å². The van der Waals surface area contributed by atoms with Gasteiger partial charge in [-0.05, 0) is 18.2 Å². The first kappa shape index (κ1) is 14.5. The predicted octanol–water partition coefficient (Wildman–Crippen LogP) is 3.79. The highest BCUT2D eigenvalue weighted by Crippen LogP contribution is 2.31. The van der Waals surface area contributed by atoms with Gasteiger partial charge in [-0.3, -0.25) is 10.1 Å². The number of carbonyl (C=O) groups is 1.